The Hall–Kier alpha value is -2.14. The van der Waals surface area contributed by atoms with Gasteiger partial charge in [0.15, 0.2) is 0 Å². The third-order valence-electron chi connectivity index (χ3n) is 3.03. The van der Waals surface area contributed by atoms with E-state index in [9.17, 15) is 9.59 Å². The molecule has 1 amide bonds. The predicted molar refractivity (Wildman–Crippen MR) is 82.5 cm³/mol. The van der Waals surface area contributed by atoms with Crippen LogP contribution in [0.3, 0.4) is 0 Å². The lowest BCUT2D eigenvalue weighted by molar-refractivity contribution is -0.142. The van der Waals surface area contributed by atoms with Crippen molar-refractivity contribution in [1.29, 1.82) is 0 Å². The van der Waals surface area contributed by atoms with Gasteiger partial charge in [-0.05, 0) is 31.2 Å². The topological polar surface area (TPSA) is 55.4 Å². The number of thiophene rings is 1. The Morgan fingerprint density at radius 1 is 1.19 bits per heavy atom. The lowest BCUT2D eigenvalue weighted by atomic mass is 10.1. The summed E-state index contributed by atoms with van der Waals surface area (Å²) in [5, 5.41) is 2.73. The normalized spacial score (nSPS) is 11.7. The lowest BCUT2D eigenvalue weighted by Gasteiger charge is -2.15. The molecule has 2 rings (SSSR count). The summed E-state index contributed by atoms with van der Waals surface area (Å²) in [5.74, 6) is -0.718. The Morgan fingerprint density at radius 3 is 2.48 bits per heavy atom. The van der Waals surface area contributed by atoms with Gasteiger partial charge in [-0.2, -0.15) is 0 Å². The molecule has 0 bridgehead atoms. The van der Waals surface area contributed by atoms with Crippen molar-refractivity contribution in [2.75, 3.05) is 7.11 Å². The Labute approximate surface area is 127 Å². The molecule has 2 aromatic rings. The Bertz CT molecular complexity index is 621. The molecule has 0 radical (unpaired) electrons. The summed E-state index contributed by atoms with van der Waals surface area (Å²) < 4.78 is 4.78. The predicted octanol–water partition coefficient (Wildman–Crippen LogP) is 2.57. The molecule has 21 heavy (non-hydrogen) atoms. The Morgan fingerprint density at radius 2 is 1.90 bits per heavy atom. The average Bonchev–Trinajstić information content (AvgIpc) is 2.91. The summed E-state index contributed by atoms with van der Waals surface area (Å²) in [6.45, 7) is 2.00. The van der Waals surface area contributed by atoms with E-state index in [1.54, 1.807) is 35.6 Å². The maximum atomic E-state index is 12.2. The minimum absolute atomic E-state index is 0.278. The molecule has 0 aliphatic carbocycles. The first-order valence-electron chi connectivity index (χ1n) is 6.59. The van der Waals surface area contributed by atoms with Gasteiger partial charge in [0.25, 0.3) is 5.91 Å². The van der Waals surface area contributed by atoms with Gasteiger partial charge in [0.1, 0.15) is 6.04 Å². The minimum Gasteiger partial charge on any atom is -0.467 e. The molecule has 1 aromatic heterocycles. The van der Waals surface area contributed by atoms with Crippen LogP contribution in [0.5, 0.6) is 0 Å². The molecular weight excluding hydrogens is 286 g/mol. The lowest BCUT2D eigenvalue weighted by Crippen LogP contribution is -2.42. The number of hydrogen-bond donors (Lipinski definition) is 1. The van der Waals surface area contributed by atoms with Crippen LogP contribution in [0.2, 0.25) is 0 Å². The van der Waals surface area contributed by atoms with E-state index in [2.05, 4.69) is 5.32 Å². The van der Waals surface area contributed by atoms with Gasteiger partial charge >= 0.3 is 5.97 Å². The molecule has 1 N–H and O–H groups in total. The number of carbonyl (C=O) groups excluding carboxylic acids is 2. The van der Waals surface area contributed by atoms with E-state index in [0.29, 0.717) is 12.0 Å². The van der Waals surface area contributed by atoms with Crippen LogP contribution in [0.4, 0.5) is 0 Å². The van der Waals surface area contributed by atoms with E-state index >= 15 is 0 Å². The summed E-state index contributed by atoms with van der Waals surface area (Å²) in [5.41, 5.74) is 0.522. The second-order valence-corrected chi connectivity index (χ2v) is 6.00. The Balaban J connectivity index is 2.09. The van der Waals surface area contributed by atoms with Crippen molar-refractivity contribution in [1.82, 2.24) is 5.32 Å². The molecule has 0 aliphatic heterocycles. The fourth-order valence-electron chi connectivity index (χ4n) is 1.96. The van der Waals surface area contributed by atoms with E-state index in [-0.39, 0.29) is 5.91 Å². The van der Waals surface area contributed by atoms with Crippen molar-refractivity contribution in [2.45, 2.75) is 19.4 Å². The highest BCUT2D eigenvalue weighted by Crippen LogP contribution is 2.17. The van der Waals surface area contributed by atoms with Gasteiger partial charge in [0.05, 0.1) is 7.11 Å². The molecule has 0 aliphatic rings. The molecule has 5 heteroatoms. The van der Waals surface area contributed by atoms with Gasteiger partial charge in [-0.1, -0.05) is 18.2 Å². The first-order valence-corrected chi connectivity index (χ1v) is 7.41. The maximum absolute atomic E-state index is 12.2. The van der Waals surface area contributed by atoms with Gasteiger partial charge in [-0.3, -0.25) is 4.79 Å². The second kappa shape index (κ2) is 7.04. The zero-order valence-corrected chi connectivity index (χ0v) is 12.8. The van der Waals surface area contributed by atoms with Crippen LogP contribution < -0.4 is 5.32 Å². The summed E-state index contributed by atoms with van der Waals surface area (Å²) in [6, 6.07) is 12.1. The molecular formula is C16H17NO3S. The zero-order valence-electron chi connectivity index (χ0n) is 12.0. The third-order valence-corrected chi connectivity index (χ3v) is 4.05. The molecule has 0 saturated carbocycles. The van der Waals surface area contributed by atoms with Crippen LogP contribution >= 0.6 is 11.3 Å². The summed E-state index contributed by atoms with van der Waals surface area (Å²) in [7, 11) is 1.32. The average molecular weight is 303 g/mol. The first-order chi connectivity index (χ1) is 10.1. The van der Waals surface area contributed by atoms with Gasteiger partial charge < -0.3 is 10.1 Å². The van der Waals surface area contributed by atoms with Crippen molar-refractivity contribution < 1.29 is 14.3 Å². The molecule has 0 spiro atoms. The van der Waals surface area contributed by atoms with E-state index in [1.807, 2.05) is 25.1 Å². The van der Waals surface area contributed by atoms with Crippen LogP contribution in [-0.2, 0) is 16.0 Å². The van der Waals surface area contributed by atoms with Crippen molar-refractivity contribution >= 4 is 23.2 Å². The number of hydrogen-bond acceptors (Lipinski definition) is 4. The maximum Gasteiger partial charge on any atom is 0.328 e. The van der Waals surface area contributed by atoms with Gasteiger partial charge in [0, 0.05) is 21.7 Å². The number of amides is 1. The number of esters is 1. The molecule has 110 valence electrons. The molecule has 1 atom stereocenters. The molecule has 0 fully saturated rings. The molecule has 4 nitrogen and oxygen atoms in total. The van der Waals surface area contributed by atoms with Crippen LogP contribution in [0, 0.1) is 6.92 Å². The van der Waals surface area contributed by atoms with Crippen molar-refractivity contribution in [3.05, 3.63) is 57.8 Å². The fraction of sp³-hybridized carbons (Fsp3) is 0.250. The van der Waals surface area contributed by atoms with Crippen molar-refractivity contribution in [3.8, 4) is 0 Å². The smallest absolute Gasteiger partial charge is 0.328 e. The quantitative estimate of drug-likeness (QED) is 0.864. The molecule has 1 heterocycles. The van der Waals surface area contributed by atoms with Gasteiger partial charge in [-0.15, -0.1) is 11.3 Å². The van der Waals surface area contributed by atoms with Crippen LogP contribution in [-0.4, -0.2) is 25.0 Å². The highest BCUT2D eigenvalue weighted by molar-refractivity contribution is 7.11. The Kier molecular flexibility index (Phi) is 5.11. The highest BCUT2D eigenvalue weighted by Gasteiger charge is 2.23. The number of rotatable bonds is 5. The van der Waals surface area contributed by atoms with E-state index < -0.39 is 12.0 Å². The third kappa shape index (κ3) is 4.16. The number of methoxy groups -OCH3 is 1. The number of aryl methyl sites for hydroxylation is 1. The van der Waals surface area contributed by atoms with Crippen LogP contribution in [0.15, 0.2) is 42.5 Å². The second-order valence-electron chi connectivity index (χ2n) is 4.63. The first kappa shape index (κ1) is 15.3. The number of carbonyl (C=O) groups is 2. The SMILES string of the molecule is COC(=O)C(Cc1ccc(C)s1)NC(=O)c1ccccc1. The summed E-state index contributed by atoms with van der Waals surface area (Å²) in [6.07, 6.45) is 0.434. The number of benzene rings is 1. The zero-order chi connectivity index (χ0) is 15.2. The van der Waals surface area contributed by atoms with E-state index in [0.717, 1.165) is 4.88 Å². The van der Waals surface area contributed by atoms with Gasteiger partial charge in [0.2, 0.25) is 0 Å². The number of nitrogens with one attached hydrogen (secondary N) is 1. The summed E-state index contributed by atoms with van der Waals surface area (Å²) >= 11 is 1.61. The largest absolute Gasteiger partial charge is 0.467 e. The monoisotopic (exact) mass is 303 g/mol. The molecule has 1 aromatic carbocycles. The van der Waals surface area contributed by atoms with E-state index in [1.165, 1.54) is 12.0 Å². The van der Waals surface area contributed by atoms with Crippen molar-refractivity contribution in [3.63, 3.8) is 0 Å². The molecule has 0 saturated heterocycles. The van der Waals surface area contributed by atoms with Crippen molar-refractivity contribution in [2.24, 2.45) is 0 Å². The van der Waals surface area contributed by atoms with Crippen LogP contribution in [0.1, 0.15) is 20.1 Å². The highest BCUT2D eigenvalue weighted by atomic mass is 32.1. The number of ether oxygens (including phenoxy) is 1. The van der Waals surface area contributed by atoms with Gasteiger partial charge in [-0.25, -0.2) is 4.79 Å². The fourth-order valence-corrected chi connectivity index (χ4v) is 2.90. The minimum atomic E-state index is -0.680. The molecule has 1 unspecified atom stereocenters. The standard InChI is InChI=1S/C16H17NO3S/c1-11-8-9-13(21-11)10-14(16(19)20-2)17-15(18)12-6-4-3-5-7-12/h3-9,14H,10H2,1-2H3,(H,17,18). The van der Waals surface area contributed by atoms with Crippen LogP contribution in [0.25, 0.3) is 0 Å². The van der Waals surface area contributed by atoms with E-state index in [4.69, 9.17) is 4.74 Å². The summed E-state index contributed by atoms with van der Waals surface area (Å²) in [4.78, 5) is 26.2.